The van der Waals surface area contributed by atoms with Gasteiger partial charge in [0.25, 0.3) is 0 Å². The van der Waals surface area contributed by atoms with Gasteiger partial charge in [0.1, 0.15) is 0 Å². The Morgan fingerprint density at radius 2 is 2.16 bits per heavy atom. The van der Waals surface area contributed by atoms with E-state index in [1.165, 1.54) is 18.4 Å². The van der Waals surface area contributed by atoms with E-state index in [4.69, 9.17) is 4.74 Å². The Labute approximate surface area is 150 Å². The molecule has 2 fully saturated rings. The Kier molecular flexibility index (Phi) is 5.15. The molecule has 0 saturated carbocycles. The molecule has 2 saturated heterocycles. The standard InChI is InChI=1S/C20H28N4O/c1-2-5-19-15-25-16-20-14-22(10-11-23(19)20)13-17-6-3-7-18(12-17)24-9-4-8-21-24/h3-4,6-9,12,19-20H,2,5,10-11,13-16H2,1H3/t19-,20+/m0/s1. The molecule has 5 heteroatoms. The molecule has 2 aromatic rings. The van der Waals surface area contributed by atoms with Gasteiger partial charge in [0.15, 0.2) is 0 Å². The van der Waals surface area contributed by atoms with Crippen molar-refractivity contribution in [3.05, 3.63) is 48.3 Å². The fourth-order valence-corrected chi connectivity index (χ4v) is 4.20. The van der Waals surface area contributed by atoms with E-state index in [1.807, 2.05) is 23.1 Å². The summed E-state index contributed by atoms with van der Waals surface area (Å²) < 4.78 is 7.81. The van der Waals surface area contributed by atoms with Crippen LogP contribution in [-0.2, 0) is 11.3 Å². The van der Waals surface area contributed by atoms with E-state index in [2.05, 4.69) is 46.1 Å². The van der Waals surface area contributed by atoms with Gasteiger partial charge in [-0.1, -0.05) is 25.5 Å². The number of morpholine rings is 1. The number of nitrogens with zero attached hydrogens (tertiary/aromatic N) is 4. The summed E-state index contributed by atoms with van der Waals surface area (Å²) in [4.78, 5) is 5.27. The van der Waals surface area contributed by atoms with Crippen molar-refractivity contribution in [1.29, 1.82) is 0 Å². The predicted molar refractivity (Wildman–Crippen MR) is 98.9 cm³/mol. The second-order valence-corrected chi connectivity index (χ2v) is 7.23. The van der Waals surface area contributed by atoms with E-state index in [0.29, 0.717) is 12.1 Å². The van der Waals surface area contributed by atoms with Gasteiger partial charge in [-0.3, -0.25) is 9.80 Å². The molecule has 0 amide bonds. The highest BCUT2D eigenvalue weighted by molar-refractivity contribution is 5.35. The van der Waals surface area contributed by atoms with Gasteiger partial charge in [0.2, 0.25) is 0 Å². The van der Waals surface area contributed by atoms with E-state index in [0.717, 1.165) is 45.1 Å². The number of piperazine rings is 1. The van der Waals surface area contributed by atoms with E-state index in [-0.39, 0.29) is 0 Å². The summed E-state index contributed by atoms with van der Waals surface area (Å²) in [5.41, 5.74) is 2.48. The predicted octanol–water partition coefficient (Wildman–Crippen LogP) is 2.56. The molecule has 0 bridgehead atoms. The summed E-state index contributed by atoms with van der Waals surface area (Å²) in [6.07, 6.45) is 6.30. The van der Waals surface area contributed by atoms with Crippen molar-refractivity contribution in [2.45, 2.75) is 38.4 Å². The summed E-state index contributed by atoms with van der Waals surface area (Å²) in [5, 5.41) is 4.33. The molecular formula is C20H28N4O. The Bertz CT molecular complexity index is 670. The van der Waals surface area contributed by atoms with Gasteiger partial charge in [-0.05, 0) is 30.2 Å². The molecule has 3 heterocycles. The molecule has 0 spiro atoms. The number of hydrogen-bond acceptors (Lipinski definition) is 4. The van der Waals surface area contributed by atoms with Gasteiger partial charge >= 0.3 is 0 Å². The van der Waals surface area contributed by atoms with Crippen LogP contribution in [0, 0.1) is 0 Å². The summed E-state index contributed by atoms with van der Waals surface area (Å²) in [6, 6.07) is 11.8. The smallest absolute Gasteiger partial charge is 0.0648 e. The fourth-order valence-electron chi connectivity index (χ4n) is 4.20. The molecule has 1 aromatic carbocycles. The lowest BCUT2D eigenvalue weighted by Crippen LogP contribution is -2.61. The van der Waals surface area contributed by atoms with E-state index < -0.39 is 0 Å². The first-order chi connectivity index (χ1) is 12.3. The van der Waals surface area contributed by atoms with Gasteiger partial charge in [0.05, 0.1) is 18.9 Å². The Hall–Kier alpha value is -1.69. The number of hydrogen-bond donors (Lipinski definition) is 0. The molecule has 25 heavy (non-hydrogen) atoms. The van der Waals surface area contributed by atoms with E-state index in [9.17, 15) is 0 Å². The van der Waals surface area contributed by atoms with Crippen molar-refractivity contribution in [2.75, 3.05) is 32.8 Å². The lowest BCUT2D eigenvalue weighted by atomic mass is 10.0. The zero-order valence-electron chi connectivity index (χ0n) is 15.1. The van der Waals surface area contributed by atoms with E-state index in [1.54, 1.807) is 0 Å². The second-order valence-electron chi connectivity index (χ2n) is 7.23. The number of fused-ring (bicyclic) bond motifs is 1. The number of rotatable bonds is 5. The Morgan fingerprint density at radius 1 is 1.20 bits per heavy atom. The normalized spacial score (nSPS) is 25.0. The minimum absolute atomic E-state index is 0.549. The van der Waals surface area contributed by atoms with Gasteiger partial charge in [0, 0.05) is 50.7 Å². The molecule has 2 aliphatic heterocycles. The van der Waals surface area contributed by atoms with Crippen LogP contribution in [0.4, 0.5) is 0 Å². The molecule has 134 valence electrons. The van der Waals surface area contributed by atoms with Crippen LogP contribution in [0.5, 0.6) is 0 Å². The second kappa shape index (κ2) is 7.68. The summed E-state index contributed by atoms with van der Waals surface area (Å²) >= 11 is 0. The third kappa shape index (κ3) is 3.78. The highest BCUT2D eigenvalue weighted by Gasteiger charge is 2.34. The third-order valence-corrected chi connectivity index (χ3v) is 5.41. The molecule has 0 N–H and O–H groups in total. The number of aromatic nitrogens is 2. The fraction of sp³-hybridized carbons (Fsp3) is 0.550. The Balaban J connectivity index is 1.40. The van der Waals surface area contributed by atoms with Gasteiger partial charge in [-0.2, -0.15) is 5.10 Å². The lowest BCUT2D eigenvalue weighted by molar-refractivity contribution is -0.0840. The van der Waals surface area contributed by atoms with Crippen molar-refractivity contribution in [3.63, 3.8) is 0 Å². The average molecular weight is 340 g/mol. The summed E-state index contributed by atoms with van der Waals surface area (Å²) in [6.45, 7) is 8.47. The van der Waals surface area contributed by atoms with Gasteiger partial charge in [-0.25, -0.2) is 4.68 Å². The molecule has 0 aliphatic carbocycles. The van der Waals surface area contributed by atoms with Crippen LogP contribution in [0.1, 0.15) is 25.3 Å². The largest absolute Gasteiger partial charge is 0.378 e. The number of ether oxygens (including phenoxy) is 1. The zero-order chi connectivity index (χ0) is 17.1. The summed E-state index contributed by atoms with van der Waals surface area (Å²) in [7, 11) is 0. The highest BCUT2D eigenvalue weighted by Crippen LogP contribution is 2.23. The monoisotopic (exact) mass is 340 g/mol. The SMILES string of the molecule is CCC[C@H]1COC[C@H]2CN(Cc3cccc(-n4cccn4)c3)CCN12. The topological polar surface area (TPSA) is 33.5 Å². The van der Waals surface area contributed by atoms with Crippen molar-refractivity contribution in [3.8, 4) is 5.69 Å². The maximum Gasteiger partial charge on any atom is 0.0648 e. The van der Waals surface area contributed by atoms with Crippen molar-refractivity contribution >= 4 is 0 Å². The highest BCUT2D eigenvalue weighted by atomic mass is 16.5. The molecule has 5 nitrogen and oxygen atoms in total. The molecule has 2 aliphatic rings. The quantitative estimate of drug-likeness (QED) is 0.838. The molecular weight excluding hydrogens is 312 g/mol. The molecule has 1 aromatic heterocycles. The molecule has 4 rings (SSSR count). The molecule has 0 unspecified atom stereocenters. The van der Waals surface area contributed by atoms with Crippen LogP contribution in [0.25, 0.3) is 5.69 Å². The third-order valence-electron chi connectivity index (χ3n) is 5.41. The number of benzene rings is 1. The minimum atomic E-state index is 0.549. The average Bonchev–Trinajstić information content (AvgIpc) is 3.17. The zero-order valence-corrected chi connectivity index (χ0v) is 15.1. The van der Waals surface area contributed by atoms with Gasteiger partial charge in [-0.15, -0.1) is 0 Å². The van der Waals surface area contributed by atoms with Crippen LogP contribution in [0.15, 0.2) is 42.7 Å². The van der Waals surface area contributed by atoms with Crippen molar-refractivity contribution in [1.82, 2.24) is 19.6 Å². The van der Waals surface area contributed by atoms with Crippen LogP contribution < -0.4 is 0 Å². The van der Waals surface area contributed by atoms with Crippen molar-refractivity contribution < 1.29 is 4.74 Å². The molecule has 0 radical (unpaired) electrons. The maximum atomic E-state index is 5.89. The first-order valence-electron chi connectivity index (χ1n) is 9.48. The summed E-state index contributed by atoms with van der Waals surface area (Å²) in [5.74, 6) is 0. The van der Waals surface area contributed by atoms with Crippen LogP contribution in [-0.4, -0.2) is 64.5 Å². The van der Waals surface area contributed by atoms with Crippen LogP contribution >= 0.6 is 0 Å². The van der Waals surface area contributed by atoms with Crippen molar-refractivity contribution in [2.24, 2.45) is 0 Å². The molecule has 2 atom stereocenters. The van der Waals surface area contributed by atoms with E-state index >= 15 is 0 Å². The first kappa shape index (κ1) is 16.8. The van der Waals surface area contributed by atoms with Crippen LogP contribution in [0.2, 0.25) is 0 Å². The Morgan fingerprint density at radius 3 is 3.00 bits per heavy atom. The van der Waals surface area contributed by atoms with Crippen LogP contribution in [0.3, 0.4) is 0 Å². The lowest BCUT2D eigenvalue weighted by Gasteiger charge is -2.48. The minimum Gasteiger partial charge on any atom is -0.378 e. The maximum absolute atomic E-state index is 5.89. The van der Waals surface area contributed by atoms with Gasteiger partial charge < -0.3 is 4.74 Å². The first-order valence-corrected chi connectivity index (χ1v) is 9.48.